The quantitative estimate of drug-likeness (QED) is 0.725. The van der Waals surface area contributed by atoms with Crippen molar-refractivity contribution in [3.05, 3.63) is 16.1 Å². The Hall–Kier alpha value is -0.650. The van der Waals surface area contributed by atoms with Crippen LogP contribution in [0.25, 0.3) is 0 Å². The molecule has 108 valence electrons. The van der Waals surface area contributed by atoms with E-state index in [-0.39, 0.29) is 11.9 Å². The molecule has 4 nitrogen and oxygen atoms in total. The zero-order valence-electron chi connectivity index (χ0n) is 12.0. The van der Waals surface area contributed by atoms with Gasteiger partial charge < -0.3 is 9.80 Å². The number of nitrogens with zero attached hydrogens (tertiary/aromatic N) is 3. The molecule has 1 unspecified atom stereocenters. The Labute approximate surface area is 124 Å². The molecule has 19 heavy (non-hydrogen) atoms. The van der Waals surface area contributed by atoms with Crippen LogP contribution in [0.5, 0.6) is 0 Å². The molecule has 0 radical (unpaired) electrons. The summed E-state index contributed by atoms with van der Waals surface area (Å²) in [6.07, 6.45) is 0.368. The lowest BCUT2D eigenvalue weighted by molar-refractivity contribution is -0.132. The molecule has 0 aliphatic rings. The van der Waals surface area contributed by atoms with Crippen LogP contribution in [0.1, 0.15) is 24.5 Å². The lowest BCUT2D eigenvalue weighted by Gasteiger charge is -2.30. The first-order valence-electron chi connectivity index (χ1n) is 6.41. The highest BCUT2D eigenvalue weighted by Gasteiger charge is 2.20. The molecule has 1 aromatic rings. The van der Waals surface area contributed by atoms with E-state index in [2.05, 4.69) is 16.8 Å². The minimum Gasteiger partial charge on any atom is -0.339 e. The second-order valence-corrected chi connectivity index (χ2v) is 6.04. The van der Waals surface area contributed by atoms with Gasteiger partial charge in [0.15, 0.2) is 0 Å². The van der Waals surface area contributed by atoms with Crippen LogP contribution >= 0.6 is 22.9 Å². The number of carbonyl (C=O) groups is 1. The highest BCUT2D eigenvalue weighted by Crippen LogP contribution is 2.14. The van der Waals surface area contributed by atoms with Crippen molar-refractivity contribution in [1.82, 2.24) is 14.8 Å². The van der Waals surface area contributed by atoms with Crippen LogP contribution in [0.3, 0.4) is 0 Å². The van der Waals surface area contributed by atoms with Crippen molar-refractivity contribution >= 4 is 28.8 Å². The number of carbonyl (C=O) groups excluding carboxylic acids is 1. The Morgan fingerprint density at radius 2 is 2.21 bits per heavy atom. The van der Waals surface area contributed by atoms with Crippen molar-refractivity contribution in [2.45, 2.75) is 32.2 Å². The van der Waals surface area contributed by atoms with Gasteiger partial charge in [0.25, 0.3) is 0 Å². The summed E-state index contributed by atoms with van der Waals surface area (Å²) < 4.78 is 0. The van der Waals surface area contributed by atoms with Crippen molar-refractivity contribution in [2.24, 2.45) is 0 Å². The number of rotatable bonds is 7. The number of halogens is 1. The number of thiazole rings is 1. The van der Waals surface area contributed by atoms with Gasteiger partial charge in [-0.2, -0.15) is 0 Å². The number of likely N-dealkylation sites (N-methyl/N-ethyl adjacent to an activating group) is 2. The van der Waals surface area contributed by atoms with Crippen molar-refractivity contribution in [3.8, 4) is 0 Å². The van der Waals surface area contributed by atoms with E-state index in [9.17, 15) is 4.79 Å². The van der Waals surface area contributed by atoms with Crippen LogP contribution in [-0.4, -0.2) is 53.9 Å². The van der Waals surface area contributed by atoms with E-state index in [1.54, 1.807) is 0 Å². The smallest absolute Gasteiger partial charge is 0.229 e. The van der Waals surface area contributed by atoms with E-state index in [1.807, 2.05) is 31.3 Å². The molecule has 0 N–H and O–H groups in total. The number of alkyl halides is 1. The second kappa shape index (κ2) is 7.82. The van der Waals surface area contributed by atoms with Crippen LogP contribution < -0.4 is 0 Å². The molecule has 0 aliphatic heterocycles. The molecule has 0 bridgehead atoms. The standard InChI is InChI=1S/C13H22ClN3OS/c1-5-17(10(2)8-16(3)4)13(18)6-12-15-11(7-14)9-19-12/h9-10H,5-8H2,1-4H3. The Kier molecular flexibility index (Phi) is 6.75. The van der Waals surface area contributed by atoms with E-state index in [0.717, 1.165) is 23.8 Å². The molecule has 0 saturated carbocycles. The summed E-state index contributed by atoms with van der Waals surface area (Å²) in [6, 6.07) is 0.208. The van der Waals surface area contributed by atoms with Crippen LogP contribution in [-0.2, 0) is 17.1 Å². The van der Waals surface area contributed by atoms with Gasteiger partial charge in [0, 0.05) is 24.5 Å². The zero-order valence-corrected chi connectivity index (χ0v) is 13.6. The Bertz CT molecular complexity index is 408. The van der Waals surface area contributed by atoms with Gasteiger partial charge in [0.2, 0.25) is 5.91 Å². The predicted octanol–water partition coefficient (Wildman–Crippen LogP) is 2.22. The highest BCUT2D eigenvalue weighted by molar-refractivity contribution is 7.09. The monoisotopic (exact) mass is 303 g/mol. The van der Waals surface area contributed by atoms with Gasteiger partial charge >= 0.3 is 0 Å². The van der Waals surface area contributed by atoms with Crippen LogP contribution in [0.15, 0.2) is 5.38 Å². The topological polar surface area (TPSA) is 36.4 Å². The second-order valence-electron chi connectivity index (χ2n) is 4.83. The molecule has 1 heterocycles. The van der Waals surface area contributed by atoms with Crippen molar-refractivity contribution in [2.75, 3.05) is 27.2 Å². The molecule has 1 aromatic heterocycles. The van der Waals surface area contributed by atoms with Gasteiger partial charge in [-0.25, -0.2) is 4.98 Å². The van der Waals surface area contributed by atoms with Crippen LogP contribution in [0, 0.1) is 0 Å². The molecular formula is C13H22ClN3OS. The van der Waals surface area contributed by atoms with Gasteiger partial charge in [-0.05, 0) is 27.9 Å². The van der Waals surface area contributed by atoms with Crippen LogP contribution in [0.4, 0.5) is 0 Å². The lowest BCUT2D eigenvalue weighted by atomic mass is 10.2. The fourth-order valence-electron chi connectivity index (χ4n) is 2.08. The summed E-state index contributed by atoms with van der Waals surface area (Å²) in [5.74, 6) is 0.534. The first kappa shape index (κ1) is 16.4. The van der Waals surface area contributed by atoms with E-state index in [0.29, 0.717) is 12.3 Å². The normalized spacial score (nSPS) is 12.7. The van der Waals surface area contributed by atoms with Gasteiger partial charge in [0.05, 0.1) is 18.0 Å². The third-order valence-corrected chi connectivity index (χ3v) is 4.03. The summed E-state index contributed by atoms with van der Waals surface area (Å²) in [7, 11) is 4.03. The minimum atomic E-state index is 0.132. The average Bonchev–Trinajstić information content (AvgIpc) is 2.76. The largest absolute Gasteiger partial charge is 0.339 e. The SMILES string of the molecule is CCN(C(=O)Cc1nc(CCl)cs1)C(C)CN(C)C. The fourth-order valence-corrected chi connectivity index (χ4v) is 3.10. The van der Waals surface area contributed by atoms with Crippen molar-refractivity contribution < 1.29 is 4.79 Å². The minimum absolute atomic E-state index is 0.132. The molecule has 6 heteroatoms. The summed E-state index contributed by atoms with van der Waals surface area (Å²) in [5, 5.41) is 2.76. The predicted molar refractivity (Wildman–Crippen MR) is 80.8 cm³/mol. The molecular weight excluding hydrogens is 282 g/mol. The number of hydrogen-bond donors (Lipinski definition) is 0. The van der Waals surface area contributed by atoms with E-state index < -0.39 is 0 Å². The third kappa shape index (κ3) is 5.09. The van der Waals surface area contributed by atoms with Crippen molar-refractivity contribution in [3.63, 3.8) is 0 Å². The molecule has 0 fully saturated rings. The summed E-state index contributed by atoms with van der Waals surface area (Å²) in [6.45, 7) is 5.68. The van der Waals surface area contributed by atoms with Crippen LogP contribution in [0.2, 0.25) is 0 Å². The first-order valence-corrected chi connectivity index (χ1v) is 7.82. The van der Waals surface area contributed by atoms with E-state index in [1.165, 1.54) is 11.3 Å². The third-order valence-electron chi connectivity index (χ3n) is 2.86. The Morgan fingerprint density at radius 3 is 2.68 bits per heavy atom. The van der Waals surface area contributed by atoms with Gasteiger partial charge in [0.1, 0.15) is 5.01 Å². The average molecular weight is 304 g/mol. The maximum atomic E-state index is 12.3. The first-order chi connectivity index (χ1) is 8.97. The van der Waals surface area contributed by atoms with E-state index >= 15 is 0 Å². The maximum absolute atomic E-state index is 12.3. The lowest BCUT2D eigenvalue weighted by Crippen LogP contribution is -2.44. The molecule has 1 amide bonds. The van der Waals surface area contributed by atoms with Gasteiger partial charge in [-0.3, -0.25) is 4.79 Å². The van der Waals surface area contributed by atoms with Gasteiger partial charge in [-0.15, -0.1) is 22.9 Å². The number of aromatic nitrogens is 1. The molecule has 0 spiro atoms. The highest BCUT2D eigenvalue weighted by atomic mass is 35.5. The molecule has 0 aliphatic carbocycles. The molecule has 0 aromatic carbocycles. The summed E-state index contributed by atoms with van der Waals surface area (Å²) >= 11 is 7.22. The zero-order chi connectivity index (χ0) is 14.4. The Balaban J connectivity index is 2.63. The number of amides is 1. The molecule has 1 rings (SSSR count). The van der Waals surface area contributed by atoms with E-state index in [4.69, 9.17) is 11.6 Å². The molecule has 0 saturated heterocycles. The number of hydrogen-bond acceptors (Lipinski definition) is 4. The maximum Gasteiger partial charge on any atom is 0.229 e. The fraction of sp³-hybridized carbons (Fsp3) is 0.692. The molecule has 1 atom stereocenters. The summed E-state index contributed by atoms with van der Waals surface area (Å²) in [4.78, 5) is 20.6. The Morgan fingerprint density at radius 1 is 1.53 bits per heavy atom. The summed E-state index contributed by atoms with van der Waals surface area (Å²) in [5.41, 5.74) is 0.846. The van der Waals surface area contributed by atoms with Crippen molar-refractivity contribution in [1.29, 1.82) is 0 Å². The van der Waals surface area contributed by atoms with Gasteiger partial charge in [-0.1, -0.05) is 0 Å².